The summed E-state index contributed by atoms with van der Waals surface area (Å²) in [5, 5.41) is 6.12. The highest BCUT2D eigenvalue weighted by molar-refractivity contribution is 7.13. The Morgan fingerprint density at radius 3 is 2.72 bits per heavy atom. The van der Waals surface area contributed by atoms with E-state index in [-0.39, 0.29) is 36.8 Å². The third-order valence-electron chi connectivity index (χ3n) is 5.01. The maximum atomic E-state index is 12.6. The van der Waals surface area contributed by atoms with Gasteiger partial charge in [0.05, 0.1) is 18.2 Å². The molecule has 0 bridgehead atoms. The molecule has 0 saturated heterocycles. The molecule has 7 heteroatoms. The van der Waals surface area contributed by atoms with Crippen LogP contribution in [0.1, 0.15) is 41.3 Å². The predicted molar refractivity (Wildman–Crippen MR) is 125 cm³/mol. The highest BCUT2D eigenvalue weighted by Gasteiger charge is 2.22. The van der Waals surface area contributed by atoms with Gasteiger partial charge in [-0.15, -0.1) is 36.2 Å². The molecule has 4 nitrogen and oxygen atoms in total. The molecule has 29 heavy (non-hydrogen) atoms. The minimum Gasteiger partial charge on any atom is -0.399 e. The van der Waals surface area contributed by atoms with E-state index in [0.29, 0.717) is 6.42 Å². The summed E-state index contributed by atoms with van der Waals surface area (Å²) in [5.74, 6) is 0.0189. The minimum atomic E-state index is 0. The van der Waals surface area contributed by atoms with E-state index in [9.17, 15) is 4.79 Å². The molecule has 0 radical (unpaired) electrons. The van der Waals surface area contributed by atoms with Gasteiger partial charge in [0.15, 0.2) is 0 Å². The summed E-state index contributed by atoms with van der Waals surface area (Å²) in [7, 11) is 0. The molecule has 2 aromatic carbocycles. The number of carbonyl (C=O) groups is 1. The quantitative estimate of drug-likeness (QED) is 0.532. The van der Waals surface area contributed by atoms with Crippen molar-refractivity contribution in [3.63, 3.8) is 0 Å². The van der Waals surface area contributed by atoms with Crippen LogP contribution in [0, 0.1) is 6.92 Å². The van der Waals surface area contributed by atoms with Crippen LogP contribution < -0.4 is 11.1 Å². The van der Waals surface area contributed by atoms with Crippen LogP contribution in [0.5, 0.6) is 0 Å². The van der Waals surface area contributed by atoms with E-state index in [1.54, 1.807) is 11.3 Å². The second kappa shape index (κ2) is 10.1. The Labute approximate surface area is 187 Å². The highest BCUT2D eigenvalue weighted by Crippen LogP contribution is 2.31. The van der Waals surface area contributed by atoms with Crippen LogP contribution >= 0.6 is 36.2 Å². The van der Waals surface area contributed by atoms with E-state index >= 15 is 0 Å². The number of carbonyl (C=O) groups excluding carboxylic acids is 1. The highest BCUT2D eigenvalue weighted by atomic mass is 35.5. The van der Waals surface area contributed by atoms with Crippen LogP contribution in [0.15, 0.2) is 47.8 Å². The Balaban J connectivity index is 0.00000150. The third-order valence-corrected chi connectivity index (χ3v) is 5.95. The summed E-state index contributed by atoms with van der Waals surface area (Å²) in [6.45, 7) is 2.07. The van der Waals surface area contributed by atoms with Gasteiger partial charge in [-0.05, 0) is 49.4 Å². The number of hydrogen-bond donors (Lipinski definition) is 2. The molecular weight excluding hydrogens is 425 g/mol. The molecule has 1 amide bonds. The number of aromatic nitrogens is 1. The number of aryl methyl sites for hydroxylation is 2. The summed E-state index contributed by atoms with van der Waals surface area (Å²) < 4.78 is 0. The summed E-state index contributed by atoms with van der Waals surface area (Å²) in [4.78, 5) is 17.2. The van der Waals surface area contributed by atoms with Gasteiger partial charge in [0.2, 0.25) is 5.91 Å². The predicted octanol–water partition coefficient (Wildman–Crippen LogP) is 5.28. The Kier molecular flexibility index (Phi) is 8.08. The Morgan fingerprint density at radius 2 is 1.97 bits per heavy atom. The third kappa shape index (κ3) is 5.50. The number of nitrogen functional groups attached to an aromatic ring is 1. The van der Waals surface area contributed by atoms with Crippen molar-refractivity contribution < 1.29 is 4.79 Å². The Bertz CT molecular complexity index is 972. The summed E-state index contributed by atoms with van der Waals surface area (Å²) in [5.41, 5.74) is 12.3. The van der Waals surface area contributed by atoms with Crippen molar-refractivity contribution in [3.05, 3.63) is 70.2 Å². The fraction of sp³-hybridized carbons (Fsp3) is 0.273. The molecule has 1 aromatic heterocycles. The van der Waals surface area contributed by atoms with Crippen LogP contribution in [0.25, 0.3) is 10.6 Å². The van der Waals surface area contributed by atoms with Gasteiger partial charge < -0.3 is 11.1 Å². The molecule has 0 aliphatic heterocycles. The monoisotopic (exact) mass is 449 g/mol. The molecular formula is C22H25Cl2N3OS. The average molecular weight is 450 g/mol. The van der Waals surface area contributed by atoms with Crippen LogP contribution in [-0.2, 0) is 17.6 Å². The van der Waals surface area contributed by atoms with E-state index in [2.05, 4.69) is 41.5 Å². The average Bonchev–Trinajstić information content (AvgIpc) is 3.10. The van der Waals surface area contributed by atoms with Crippen molar-refractivity contribution in [3.8, 4) is 10.6 Å². The zero-order valence-electron chi connectivity index (χ0n) is 16.2. The zero-order valence-corrected chi connectivity index (χ0v) is 18.6. The number of amides is 1. The van der Waals surface area contributed by atoms with Gasteiger partial charge in [-0.25, -0.2) is 4.98 Å². The second-order valence-electron chi connectivity index (χ2n) is 7.16. The van der Waals surface area contributed by atoms with Crippen molar-refractivity contribution in [1.29, 1.82) is 0 Å². The van der Waals surface area contributed by atoms with Crippen molar-refractivity contribution in [2.24, 2.45) is 0 Å². The first-order valence-corrected chi connectivity index (χ1v) is 10.2. The number of hydrogen-bond acceptors (Lipinski definition) is 4. The lowest BCUT2D eigenvalue weighted by Crippen LogP contribution is -2.32. The molecule has 0 spiro atoms. The number of thiazole rings is 1. The van der Waals surface area contributed by atoms with Crippen LogP contribution in [0.3, 0.4) is 0 Å². The number of nitrogens with zero attached hydrogens (tertiary/aromatic N) is 1. The first-order valence-electron chi connectivity index (χ1n) is 9.27. The molecule has 0 fully saturated rings. The summed E-state index contributed by atoms with van der Waals surface area (Å²) >= 11 is 1.58. The number of fused-ring (bicyclic) bond motifs is 1. The molecule has 3 aromatic rings. The van der Waals surface area contributed by atoms with Crippen molar-refractivity contribution in [1.82, 2.24) is 10.3 Å². The second-order valence-corrected chi connectivity index (χ2v) is 8.02. The van der Waals surface area contributed by atoms with E-state index in [0.717, 1.165) is 41.2 Å². The Hall–Kier alpha value is -2.08. The molecule has 1 aliphatic carbocycles. The van der Waals surface area contributed by atoms with Gasteiger partial charge in [0.25, 0.3) is 0 Å². The van der Waals surface area contributed by atoms with E-state index in [4.69, 9.17) is 5.73 Å². The van der Waals surface area contributed by atoms with Gasteiger partial charge >= 0.3 is 0 Å². The fourth-order valence-electron chi connectivity index (χ4n) is 3.61. The van der Waals surface area contributed by atoms with Gasteiger partial charge in [0.1, 0.15) is 5.01 Å². The lowest BCUT2D eigenvalue weighted by Gasteiger charge is -2.26. The van der Waals surface area contributed by atoms with Crippen molar-refractivity contribution in [2.45, 2.75) is 38.6 Å². The number of halogens is 2. The normalized spacial score (nSPS) is 14.9. The van der Waals surface area contributed by atoms with Crippen LogP contribution in [0.4, 0.5) is 5.69 Å². The van der Waals surface area contributed by atoms with Gasteiger partial charge in [-0.2, -0.15) is 0 Å². The summed E-state index contributed by atoms with van der Waals surface area (Å²) in [6, 6.07) is 14.4. The number of nitrogens with two attached hydrogens (primary N) is 1. The smallest absolute Gasteiger partial charge is 0.226 e. The van der Waals surface area contributed by atoms with Crippen LogP contribution in [0.2, 0.25) is 0 Å². The van der Waals surface area contributed by atoms with Crippen molar-refractivity contribution >= 4 is 47.7 Å². The maximum absolute atomic E-state index is 12.6. The largest absolute Gasteiger partial charge is 0.399 e. The minimum absolute atomic E-state index is 0. The molecule has 1 aliphatic rings. The fourth-order valence-corrected chi connectivity index (χ4v) is 4.44. The maximum Gasteiger partial charge on any atom is 0.226 e. The topological polar surface area (TPSA) is 68.0 Å². The first-order chi connectivity index (χ1) is 13.1. The number of rotatable bonds is 4. The van der Waals surface area contributed by atoms with E-state index in [1.165, 1.54) is 16.7 Å². The van der Waals surface area contributed by atoms with Gasteiger partial charge in [0, 0.05) is 16.6 Å². The number of anilines is 1. The number of benzene rings is 2. The lowest BCUT2D eigenvalue weighted by atomic mass is 9.87. The molecule has 154 valence electrons. The Morgan fingerprint density at radius 1 is 1.21 bits per heavy atom. The zero-order chi connectivity index (χ0) is 18.8. The molecule has 3 N–H and O–H groups in total. The van der Waals surface area contributed by atoms with E-state index < -0.39 is 0 Å². The SMILES string of the molecule is Cc1ccc(-c2nc(CC(=O)NC3CCCc4cc(N)ccc43)cs2)cc1.Cl.Cl. The molecule has 1 heterocycles. The van der Waals surface area contributed by atoms with Gasteiger partial charge in [-0.3, -0.25) is 4.79 Å². The molecule has 1 unspecified atom stereocenters. The number of nitrogens with one attached hydrogen (secondary N) is 1. The molecule has 0 saturated carbocycles. The van der Waals surface area contributed by atoms with Crippen molar-refractivity contribution in [2.75, 3.05) is 5.73 Å². The van der Waals surface area contributed by atoms with E-state index in [1.807, 2.05) is 23.6 Å². The summed E-state index contributed by atoms with van der Waals surface area (Å²) in [6.07, 6.45) is 3.37. The molecule has 1 atom stereocenters. The van der Waals surface area contributed by atoms with Gasteiger partial charge in [-0.1, -0.05) is 35.9 Å². The lowest BCUT2D eigenvalue weighted by molar-refractivity contribution is -0.121. The first kappa shape index (κ1) is 23.2. The molecule has 4 rings (SSSR count). The standard InChI is InChI=1S/C22H23N3OS.2ClH/c1-14-5-7-15(8-6-14)22-24-18(13-27-22)12-21(26)25-20-4-2-3-16-11-17(23)9-10-19(16)20;;/h5-11,13,20H,2-4,12,23H2,1H3,(H,25,26);2*1H. The van der Waals surface area contributed by atoms with Crippen LogP contribution in [-0.4, -0.2) is 10.9 Å².